The summed E-state index contributed by atoms with van der Waals surface area (Å²) >= 11 is 3.14. The van der Waals surface area contributed by atoms with Crippen molar-refractivity contribution in [2.45, 2.75) is 37.1 Å². The van der Waals surface area contributed by atoms with Gasteiger partial charge < -0.3 is 4.90 Å². The molecule has 2 rings (SSSR count). The number of hydrogen-bond donors (Lipinski definition) is 0. The van der Waals surface area contributed by atoms with Crippen molar-refractivity contribution in [3.05, 3.63) is 28.2 Å². The Kier molecular flexibility index (Phi) is 4.76. The lowest BCUT2D eigenvalue weighted by molar-refractivity contribution is 0.0743. The van der Waals surface area contributed by atoms with Crippen LogP contribution in [0.4, 0.5) is 0 Å². The first-order chi connectivity index (χ1) is 9.34. The zero-order valence-electron chi connectivity index (χ0n) is 11.0. The third kappa shape index (κ3) is 3.54. The van der Waals surface area contributed by atoms with Crippen LogP contribution in [0.3, 0.4) is 0 Å². The molecule has 1 aromatic carbocycles. The molecule has 0 atom stereocenters. The van der Waals surface area contributed by atoms with E-state index in [2.05, 4.69) is 15.9 Å². The maximum atomic E-state index is 12.5. The molecule has 1 aliphatic rings. The van der Waals surface area contributed by atoms with E-state index >= 15 is 0 Å². The summed E-state index contributed by atoms with van der Waals surface area (Å²) in [4.78, 5) is 14.2. The topological polar surface area (TPSA) is 54.5 Å². The van der Waals surface area contributed by atoms with Gasteiger partial charge in [-0.1, -0.05) is 6.92 Å². The van der Waals surface area contributed by atoms with Gasteiger partial charge in [-0.2, -0.15) is 0 Å². The van der Waals surface area contributed by atoms with E-state index in [1.807, 2.05) is 11.8 Å². The molecule has 0 saturated heterocycles. The first-order valence-corrected chi connectivity index (χ1v) is 9.50. The summed E-state index contributed by atoms with van der Waals surface area (Å²) in [7, 11) is 1.50. The molecule has 0 radical (unpaired) electrons. The van der Waals surface area contributed by atoms with Gasteiger partial charge in [-0.15, -0.1) is 0 Å². The summed E-state index contributed by atoms with van der Waals surface area (Å²) < 4.78 is 23.3. The molecule has 20 heavy (non-hydrogen) atoms. The van der Waals surface area contributed by atoms with E-state index < -0.39 is 9.05 Å². The number of amides is 1. The Bertz CT molecular complexity index is 629. The van der Waals surface area contributed by atoms with E-state index in [-0.39, 0.29) is 10.8 Å². The van der Waals surface area contributed by atoms with Crippen LogP contribution in [0.1, 0.15) is 36.5 Å². The molecule has 1 aromatic rings. The minimum Gasteiger partial charge on any atom is -0.336 e. The second kappa shape index (κ2) is 6.03. The highest BCUT2D eigenvalue weighted by Gasteiger charge is 2.32. The van der Waals surface area contributed by atoms with Gasteiger partial charge in [0.2, 0.25) is 0 Å². The number of nitrogens with zero attached hydrogens (tertiary/aromatic N) is 1. The molecule has 110 valence electrons. The third-order valence-electron chi connectivity index (χ3n) is 3.15. The lowest BCUT2D eigenvalue weighted by Gasteiger charge is -2.22. The van der Waals surface area contributed by atoms with Crippen molar-refractivity contribution in [3.63, 3.8) is 0 Å². The van der Waals surface area contributed by atoms with Crippen LogP contribution in [0.2, 0.25) is 0 Å². The van der Waals surface area contributed by atoms with Gasteiger partial charge in [0, 0.05) is 33.3 Å². The first kappa shape index (κ1) is 15.8. The van der Waals surface area contributed by atoms with Crippen LogP contribution in [0, 0.1) is 0 Å². The Balaban J connectivity index is 2.35. The summed E-state index contributed by atoms with van der Waals surface area (Å²) in [6.07, 6.45) is 2.91. The second-order valence-corrected chi connectivity index (χ2v) is 8.20. The Hall–Kier alpha value is -0.590. The van der Waals surface area contributed by atoms with Crippen LogP contribution >= 0.6 is 26.6 Å². The monoisotopic (exact) mass is 379 g/mol. The minimum atomic E-state index is -3.88. The van der Waals surface area contributed by atoms with Crippen LogP contribution in [-0.2, 0) is 9.05 Å². The number of rotatable bonds is 5. The Labute approximate surface area is 131 Å². The SMILES string of the molecule is CCCN(C(=O)c1ccc(Br)c(S(=O)(=O)Cl)c1)C1CC1. The van der Waals surface area contributed by atoms with Crippen LogP contribution in [0.25, 0.3) is 0 Å². The van der Waals surface area contributed by atoms with Crippen molar-refractivity contribution in [2.75, 3.05) is 6.54 Å². The van der Waals surface area contributed by atoms with E-state index in [1.165, 1.54) is 6.07 Å². The number of benzene rings is 1. The smallest absolute Gasteiger partial charge is 0.262 e. The van der Waals surface area contributed by atoms with E-state index in [1.54, 1.807) is 12.1 Å². The van der Waals surface area contributed by atoms with Crippen LogP contribution in [0.15, 0.2) is 27.6 Å². The Morgan fingerprint density at radius 1 is 1.45 bits per heavy atom. The molecule has 0 N–H and O–H groups in total. The predicted molar refractivity (Wildman–Crippen MR) is 81.5 cm³/mol. The lowest BCUT2D eigenvalue weighted by Crippen LogP contribution is -2.33. The standard InChI is InChI=1S/C13H15BrClNO3S/c1-2-7-16(10-4-5-10)13(17)9-3-6-11(14)12(8-9)20(15,18)19/h3,6,8,10H,2,4-5,7H2,1H3. The molecule has 7 heteroatoms. The largest absolute Gasteiger partial charge is 0.336 e. The molecule has 0 aromatic heterocycles. The van der Waals surface area contributed by atoms with Gasteiger partial charge >= 0.3 is 0 Å². The molecule has 1 fully saturated rings. The van der Waals surface area contributed by atoms with Gasteiger partial charge in [0.25, 0.3) is 15.0 Å². The van der Waals surface area contributed by atoms with E-state index in [9.17, 15) is 13.2 Å². The fourth-order valence-electron chi connectivity index (χ4n) is 2.07. The molecule has 0 bridgehead atoms. The normalized spacial score (nSPS) is 15.2. The minimum absolute atomic E-state index is 0.0720. The summed E-state index contributed by atoms with van der Waals surface area (Å²) in [5, 5.41) is 0. The van der Waals surface area contributed by atoms with Crippen molar-refractivity contribution < 1.29 is 13.2 Å². The maximum absolute atomic E-state index is 12.5. The van der Waals surface area contributed by atoms with Crippen molar-refractivity contribution in [3.8, 4) is 0 Å². The van der Waals surface area contributed by atoms with Crippen molar-refractivity contribution >= 4 is 41.6 Å². The molecular weight excluding hydrogens is 366 g/mol. The lowest BCUT2D eigenvalue weighted by atomic mass is 10.2. The number of halogens is 2. The van der Waals surface area contributed by atoms with Crippen molar-refractivity contribution in [1.29, 1.82) is 0 Å². The van der Waals surface area contributed by atoms with Crippen LogP contribution < -0.4 is 0 Å². The Morgan fingerprint density at radius 2 is 2.10 bits per heavy atom. The molecule has 0 spiro atoms. The van der Waals surface area contributed by atoms with E-state index in [0.717, 1.165) is 19.3 Å². The van der Waals surface area contributed by atoms with Crippen molar-refractivity contribution in [1.82, 2.24) is 4.90 Å². The molecule has 1 saturated carbocycles. The quantitative estimate of drug-likeness (QED) is 0.736. The number of carbonyl (C=O) groups is 1. The average Bonchev–Trinajstić information content (AvgIpc) is 3.18. The van der Waals surface area contributed by atoms with Crippen molar-refractivity contribution in [2.24, 2.45) is 0 Å². The van der Waals surface area contributed by atoms with E-state index in [0.29, 0.717) is 22.6 Å². The third-order valence-corrected chi connectivity index (χ3v) is 5.47. The Morgan fingerprint density at radius 3 is 2.60 bits per heavy atom. The maximum Gasteiger partial charge on any atom is 0.262 e. The molecule has 4 nitrogen and oxygen atoms in total. The highest BCUT2D eigenvalue weighted by atomic mass is 79.9. The van der Waals surface area contributed by atoms with Gasteiger partial charge in [0.15, 0.2) is 0 Å². The van der Waals surface area contributed by atoms with Gasteiger partial charge in [0.05, 0.1) is 4.90 Å². The fraction of sp³-hybridized carbons (Fsp3) is 0.462. The summed E-state index contributed by atoms with van der Waals surface area (Å²) in [6.45, 7) is 2.70. The average molecular weight is 381 g/mol. The summed E-state index contributed by atoms with van der Waals surface area (Å²) in [5.41, 5.74) is 0.354. The predicted octanol–water partition coefficient (Wildman–Crippen LogP) is 3.39. The molecule has 1 amide bonds. The molecule has 0 heterocycles. The zero-order chi connectivity index (χ0) is 14.9. The number of carbonyl (C=O) groups excluding carboxylic acids is 1. The molecular formula is C13H15BrClNO3S. The summed E-state index contributed by atoms with van der Waals surface area (Å²) in [5.74, 6) is -0.136. The van der Waals surface area contributed by atoms with Gasteiger partial charge in [-0.05, 0) is 53.4 Å². The fourth-order valence-corrected chi connectivity index (χ4v) is 4.18. The zero-order valence-corrected chi connectivity index (χ0v) is 14.1. The van der Waals surface area contributed by atoms with Crippen LogP contribution in [-0.4, -0.2) is 31.8 Å². The summed E-state index contributed by atoms with van der Waals surface area (Å²) in [6, 6.07) is 4.78. The van der Waals surface area contributed by atoms with Gasteiger partial charge in [-0.25, -0.2) is 8.42 Å². The molecule has 0 unspecified atom stereocenters. The van der Waals surface area contributed by atoms with E-state index in [4.69, 9.17) is 10.7 Å². The second-order valence-electron chi connectivity index (χ2n) is 4.81. The molecule has 1 aliphatic carbocycles. The first-order valence-electron chi connectivity index (χ1n) is 6.39. The number of hydrogen-bond acceptors (Lipinski definition) is 3. The highest BCUT2D eigenvalue weighted by Crippen LogP contribution is 2.30. The van der Waals surface area contributed by atoms with Crippen LogP contribution in [0.5, 0.6) is 0 Å². The van der Waals surface area contributed by atoms with Gasteiger partial charge in [0.1, 0.15) is 0 Å². The molecule has 0 aliphatic heterocycles. The van der Waals surface area contributed by atoms with Gasteiger partial charge in [-0.3, -0.25) is 4.79 Å². The highest BCUT2D eigenvalue weighted by molar-refractivity contribution is 9.10.